The van der Waals surface area contributed by atoms with E-state index in [2.05, 4.69) is 19.6 Å². The standard InChI is InChI=1S/C23H38NO7PSi/c1-7-19-20(13-14-30-17-18-11-9-8-10-12-18)24(21(19)25)22(32(27,28-2)29-3)23(26)31-15-16-33(4,5)6/h8-12,19-20,22H,7,13-17H2,1-6H3/t19-,20-,22?/m1/s1. The molecule has 0 N–H and O–H groups in total. The van der Waals surface area contributed by atoms with E-state index in [1.807, 2.05) is 37.3 Å². The summed E-state index contributed by atoms with van der Waals surface area (Å²) in [5.74, 6) is -2.70. The largest absolute Gasteiger partial charge is 0.464 e. The number of hydrogen-bond acceptors (Lipinski definition) is 7. The van der Waals surface area contributed by atoms with E-state index in [0.717, 1.165) is 11.6 Å². The third-order valence-electron chi connectivity index (χ3n) is 5.88. The molecule has 0 aliphatic carbocycles. The molecule has 1 aromatic rings. The first-order valence-corrected chi connectivity index (χ1v) is 16.7. The van der Waals surface area contributed by atoms with Crippen molar-refractivity contribution in [3.8, 4) is 0 Å². The number of hydrogen-bond donors (Lipinski definition) is 0. The van der Waals surface area contributed by atoms with Gasteiger partial charge in [0.2, 0.25) is 11.7 Å². The number of carbonyl (C=O) groups is 2. The molecule has 10 heteroatoms. The SMILES string of the molecule is CC[C@H]1C(=O)N(C(C(=O)OCC[Si](C)(C)C)P(=O)(OC)OC)[C@@H]1CCOCc1ccccc1. The number of likely N-dealkylation sites (tertiary alicyclic amines) is 1. The average molecular weight is 500 g/mol. The fourth-order valence-electron chi connectivity index (χ4n) is 3.89. The topological polar surface area (TPSA) is 91.4 Å². The first kappa shape index (κ1) is 27.7. The Balaban J connectivity index is 2.13. The molecule has 1 heterocycles. The molecule has 1 aromatic carbocycles. The van der Waals surface area contributed by atoms with Gasteiger partial charge in [-0.15, -0.1) is 0 Å². The summed E-state index contributed by atoms with van der Waals surface area (Å²) in [7, 11) is -2.96. The zero-order valence-corrected chi connectivity index (χ0v) is 22.5. The lowest BCUT2D eigenvalue weighted by Gasteiger charge is -2.50. The van der Waals surface area contributed by atoms with Crippen LogP contribution < -0.4 is 0 Å². The van der Waals surface area contributed by atoms with Gasteiger partial charge >= 0.3 is 13.6 Å². The maximum atomic E-state index is 13.3. The average Bonchev–Trinajstić information content (AvgIpc) is 2.78. The van der Waals surface area contributed by atoms with Gasteiger partial charge in [0.25, 0.3) is 0 Å². The molecule has 8 nitrogen and oxygen atoms in total. The van der Waals surface area contributed by atoms with Crippen molar-refractivity contribution in [1.82, 2.24) is 4.90 Å². The van der Waals surface area contributed by atoms with E-state index in [4.69, 9.17) is 18.5 Å². The van der Waals surface area contributed by atoms with Crippen molar-refractivity contribution in [2.45, 2.75) is 63.9 Å². The van der Waals surface area contributed by atoms with Gasteiger partial charge in [-0.3, -0.25) is 9.36 Å². The number of nitrogens with zero attached hydrogens (tertiary/aromatic N) is 1. The van der Waals surface area contributed by atoms with Crippen LogP contribution >= 0.6 is 7.60 Å². The maximum Gasteiger partial charge on any atom is 0.364 e. The predicted molar refractivity (Wildman–Crippen MR) is 130 cm³/mol. The van der Waals surface area contributed by atoms with Gasteiger partial charge in [-0.1, -0.05) is 56.9 Å². The van der Waals surface area contributed by atoms with E-state index in [1.54, 1.807) is 0 Å². The second-order valence-corrected chi connectivity index (χ2v) is 17.3. The highest BCUT2D eigenvalue weighted by molar-refractivity contribution is 7.55. The van der Waals surface area contributed by atoms with Crippen LogP contribution in [0.15, 0.2) is 30.3 Å². The molecular weight excluding hydrogens is 461 g/mol. The van der Waals surface area contributed by atoms with Crippen molar-refractivity contribution in [2.75, 3.05) is 27.4 Å². The summed E-state index contributed by atoms with van der Waals surface area (Å²) in [4.78, 5) is 27.4. The summed E-state index contributed by atoms with van der Waals surface area (Å²) in [6.45, 7) is 9.49. The number of esters is 1. The number of carbonyl (C=O) groups excluding carboxylic acids is 2. The highest BCUT2D eigenvalue weighted by atomic mass is 31.2. The minimum absolute atomic E-state index is 0.211. The van der Waals surface area contributed by atoms with E-state index in [9.17, 15) is 14.2 Å². The van der Waals surface area contributed by atoms with Crippen molar-refractivity contribution in [1.29, 1.82) is 0 Å². The highest BCUT2D eigenvalue weighted by Crippen LogP contribution is 2.56. The number of benzene rings is 1. The Bertz CT molecular complexity index is 822. The Hall–Kier alpha value is -1.51. The van der Waals surface area contributed by atoms with Crippen LogP contribution in [0.3, 0.4) is 0 Å². The Morgan fingerprint density at radius 3 is 2.30 bits per heavy atom. The van der Waals surface area contributed by atoms with Gasteiger partial charge in [-0.25, -0.2) is 4.79 Å². The summed E-state index contributed by atoms with van der Waals surface area (Å²) in [6, 6.07) is 10.2. The molecule has 0 saturated carbocycles. The van der Waals surface area contributed by atoms with Crippen molar-refractivity contribution in [3.05, 3.63) is 35.9 Å². The number of amides is 1. The number of β-lactam (4-membered cyclic amide) rings is 1. The molecule has 1 fully saturated rings. The lowest BCUT2D eigenvalue weighted by atomic mass is 9.83. The van der Waals surface area contributed by atoms with E-state index in [-0.39, 0.29) is 24.5 Å². The third-order valence-corrected chi connectivity index (χ3v) is 9.66. The van der Waals surface area contributed by atoms with Gasteiger partial charge < -0.3 is 23.4 Å². The van der Waals surface area contributed by atoms with Crippen LogP contribution in [-0.2, 0) is 39.3 Å². The van der Waals surface area contributed by atoms with Crippen molar-refractivity contribution < 1.29 is 32.7 Å². The Kier molecular flexibility index (Phi) is 10.3. The fourth-order valence-corrected chi connectivity index (χ4v) is 6.08. The summed E-state index contributed by atoms with van der Waals surface area (Å²) < 4.78 is 34.9. The summed E-state index contributed by atoms with van der Waals surface area (Å²) in [6.07, 6.45) is 1.11. The molecule has 0 aromatic heterocycles. The number of rotatable bonds is 14. The Morgan fingerprint density at radius 1 is 1.12 bits per heavy atom. The third kappa shape index (κ3) is 7.23. The summed E-state index contributed by atoms with van der Waals surface area (Å²) >= 11 is 0. The summed E-state index contributed by atoms with van der Waals surface area (Å²) in [5.41, 5.74) is 1.05. The predicted octanol–water partition coefficient (Wildman–Crippen LogP) is 4.52. The van der Waals surface area contributed by atoms with Crippen LogP contribution in [0.5, 0.6) is 0 Å². The number of ether oxygens (including phenoxy) is 2. The second kappa shape index (κ2) is 12.3. The van der Waals surface area contributed by atoms with Gasteiger partial charge in [0, 0.05) is 34.9 Å². The fraction of sp³-hybridized carbons (Fsp3) is 0.652. The van der Waals surface area contributed by atoms with Crippen molar-refractivity contribution in [2.24, 2.45) is 5.92 Å². The van der Waals surface area contributed by atoms with E-state index >= 15 is 0 Å². The normalized spacial score (nSPS) is 19.8. The molecule has 1 aliphatic heterocycles. The lowest BCUT2D eigenvalue weighted by molar-refractivity contribution is -0.170. The lowest BCUT2D eigenvalue weighted by Crippen LogP contribution is -2.66. The molecule has 2 rings (SSSR count). The molecule has 1 amide bonds. The van der Waals surface area contributed by atoms with Gasteiger partial charge in [-0.2, -0.15) is 0 Å². The van der Waals surface area contributed by atoms with Gasteiger partial charge in [0.05, 0.1) is 19.1 Å². The Morgan fingerprint density at radius 2 is 1.76 bits per heavy atom. The molecule has 0 radical (unpaired) electrons. The van der Waals surface area contributed by atoms with Crippen LogP contribution in [-0.4, -0.2) is 64.1 Å². The second-order valence-electron chi connectivity index (χ2n) is 9.41. The molecule has 0 spiro atoms. The molecule has 3 atom stereocenters. The Labute approximate surface area is 198 Å². The van der Waals surface area contributed by atoms with E-state index in [1.165, 1.54) is 19.1 Å². The molecule has 0 bridgehead atoms. The van der Waals surface area contributed by atoms with Crippen molar-refractivity contribution >= 4 is 27.5 Å². The molecule has 1 saturated heterocycles. The summed E-state index contributed by atoms with van der Waals surface area (Å²) in [5, 5.41) is 0. The first-order chi connectivity index (χ1) is 15.6. The van der Waals surface area contributed by atoms with E-state index < -0.39 is 27.4 Å². The quantitative estimate of drug-likeness (QED) is 0.122. The van der Waals surface area contributed by atoms with E-state index in [0.29, 0.717) is 26.1 Å². The first-order valence-electron chi connectivity index (χ1n) is 11.4. The van der Waals surface area contributed by atoms with Crippen LogP contribution in [0.1, 0.15) is 25.3 Å². The smallest absolute Gasteiger partial charge is 0.364 e. The molecular formula is C23H38NO7PSi. The van der Waals surface area contributed by atoms with Gasteiger partial charge in [0.15, 0.2) is 0 Å². The minimum Gasteiger partial charge on any atom is -0.464 e. The highest BCUT2D eigenvalue weighted by Gasteiger charge is 2.58. The van der Waals surface area contributed by atoms with Crippen LogP contribution in [0.4, 0.5) is 0 Å². The molecule has 33 heavy (non-hydrogen) atoms. The van der Waals surface area contributed by atoms with Gasteiger partial charge in [-0.05, 0) is 24.4 Å². The molecule has 186 valence electrons. The zero-order chi connectivity index (χ0) is 24.6. The molecule has 1 aliphatic rings. The van der Waals surface area contributed by atoms with Crippen LogP contribution in [0, 0.1) is 5.92 Å². The van der Waals surface area contributed by atoms with Gasteiger partial charge in [0.1, 0.15) is 0 Å². The van der Waals surface area contributed by atoms with Crippen LogP contribution in [0.2, 0.25) is 25.7 Å². The zero-order valence-electron chi connectivity index (χ0n) is 20.6. The maximum absolute atomic E-state index is 13.3. The monoisotopic (exact) mass is 499 g/mol. The minimum atomic E-state index is -3.95. The van der Waals surface area contributed by atoms with Crippen molar-refractivity contribution in [3.63, 3.8) is 0 Å². The molecule has 1 unspecified atom stereocenters. The van der Waals surface area contributed by atoms with Crippen LogP contribution in [0.25, 0.3) is 0 Å².